The fourth-order valence-corrected chi connectivity index (χ4v) is 1.63. The first-order valence-corrected chi connectivity index (χ1v) is 6.29. The van der Waals surface area contributed by atoms with E-state index in [0.29, 0.717) is 23.5 Å². The highest BCUT2D eigenvalue weighted by atomic mass is 32.2. The van der Waals surface area contributed by atoms with Gasteiger partial charge < -0.3 is 15.8 Å². The zero-order valence-electron chi connectivity index (χ0n) is 9.45. The Kier molecular flexibility index (Phi) is 4.98. The van der Waals surface area contributed by atoms with E-state index >= 15 is 0 Å². The van der Waals surface area contributed by atoms with Crippen LogP contribution >= 0.6 is 11.8 Å². The Morgan fingerprint density at radius 3 is 2.94 bits per heavy atom. The fraction of sp³-hybridized carbons (Fsp3) is 0.364. The van der Waals surface area contributed by atoms with E-state index in [2.05, 4.69) is 5.32 Å². The Balaban J connectivity index is 2.78. The molecule has 0 bridgehead atoms. The van der Waals surface area contributed by atoms with Crippen molar-refractivity contribution in [3.05, 3.63) is 23.8 Å². The second kappa shape index (κ2) is 6.27. The molecule has 0 unspecified atom stereocenters. The molecule has 0 fully saturated rings. The molecule has 16 heavy (non-hydrogen) atoms. The molecular weight excluding hydrogens is 224 g/mol. The zero-order chi connectivity index (χ0) is 12.0. The molecular formula is C11H16N2O2S. The second-order valence-corrected chi connectivity index (χ2v) is 4.16. The summed E-state index contributed by atoms with van der Waals surface area (Å²) in [5.41, 5.74) is 6.66. The summed E-state index contributed by atoms with van der Waals surface area (Å²) in [6.45, 7) is 0.637. The number of hydrogen-bond donors (Lipinski definition) is 2. The van der Waals surface area contributed by atoms with Gasteiger partial charge in [0, 0.05) is 12.3 Å². The van der Waals surface area contributed by atoms with Crippen LogP contribution in [-0.2, 0) is 0 Å². The first-order valence-electron chi connectivity index (χ1n) is 4.90. The summed E-state index contributed by atoms with van der Waals surface area (Å²) in [4.78, 5) is 11.8. The summed E-state index contributed by atoms with van der Waals surface area (Å²) >= 11 is 1.68. The van der Waals surface area contributed by atoms with E-state index in [1.165, 1.54) is 7.11 Å². The molecule has 3 N–H and O–H groups in total. The number of anilines is 1. The lowest BCUT2D eigenvalue weighted by molar-refractivity contribution is 0.0953. The third kappa shape index (κ3) is 3.06. The number of nitrogen functional groups attached to an aromatic ring is 1. The highest BCUT2D eigenvalue weighted by Gasteiger charge is 2.13. The van der Waals surface area contributed by atoms with Crippen LogP contribution in [0.4, 0.5) is 5.69 Å². The topological polar surface area (TPSA) is 64.3 Å². The minimum atomic E-state index is -0.154. The highest BCUT2D eigenvalue weighted by Crippen LogP contribution is 2.25. The fourth-order valence-electron chi connectivity index (χ4n) is 1.32. The number of para-hydroxylation sites is 1. The first-order chi connectivity index (χ1) is 7.70. The van der Waals surface area contributed by atoms with Crippen molar-refractivity contribution in [1.29, 1.82) is 0 Å². The molecule has 0 aliphatic rings. The van der Waals surface area contributed by atoms with Gasteiger partial charge in [-0.25, -0.2) is 0 Å². The van der Waals surface area contributed by atoms with Crippen LogP contribution in [-0.4, -0.2) is 31.6 Å². The summed E-state index contributed by atoms with van der Waals surface area (Å²) < 4.78 is 5.11. The summed E-state index contributed by atoms with van der Waals surface area (Å²) in [6, 6.07) is 5.14. The van der Waals surface area contributed by atoms with Gasteiger partial charge in [-0.1, -0.05) is 6.07 Å². The van der Waals surface area contributed by atoms with Gasteiger partial charge in [-0.2, -0.15) is 11.8 Å². The van der Waals surface area contributed by atoms with E-state index in [-0.39, 0.29) is 5.91 Å². The van der Waals surface area contributed by atoms with E-state index < -0.39 is 0 Å². The molecule has 0 spiro atoms. The molecule has 1 aromatic carbocycles. The number of methoxy groups -OCH3 is 1. The van der Waals surface area contributed by atoms with Crippen molar-refractivity contribution < 1.29 is 9.53 Å². The highest BCUT2D eigenvalue weighted by molar-refractivity contribution is 7.98. The molecule has 0 aromatic heterocycles. The van der Waals surface area contributed by atoms with Crippen LogP contribution in [0.1, 0.15) is 10.4 Å². The number of nitrogens with one attached hydrogen (secondary N) is 1. The third-order valence-corrected chi connectivity index (χ3v) is 2.70. The van der Waals surface area contributed by atoms with Crippen molar-refractivity contribution in [2.45, 2.75) is 0 Å². The maximum Gasteiger partial charge on any atom is 0.255 e. The summed E-state index contributed by atoms with van der Waals surface area (Å²) in [6.07, 6.45) is 1.99. The minimum Gasteiger partial charge on any atom is -0.494 e. The van der Waals surface area contributed by atoms with Gasteiger partial charge in [0.2, 0.25) is 0 Å². The van der Waals surface area contributed by atoms with E-state index in [9.17, 15) is 4.79 Å². The van der Waals surface area contributed by atoms with Gasteiger partial charge in [-0.15, -0.1) is 0 Å². The Morgan fingerprint density at radius 2 is 2.31 bits per heavy atom. The molecule has 0 aliphatic heterocycles. The largest absolute Gasteiger partial charge is 0.494 e. The summed E-state index contributed by atoms with van der Waals surface area (Å²) in [5.74, 6) is 1.17. The van der Waals surface area contributed by atoms with Crippen molar-refractivity contribution >= 4 is 23.4 Å². The molecule has 1 aromatic rings. The number of thioether (sulfide) groups is 1. The number of amides is 1. The maximum absolute atomic E-state index is 11.8. The molecule has 0 aliphatic carbocycles. The van der Waals surface area contributed by atoms with Crippen molar-refractivity contribution in [1.82, 2.24) is 5.32 Å². The third-order valence-electron chi connectivity index (χ3n) is 2.09. The summed E-state index contributed by atoms with van der Waals surface area (Å²) in [5, 5.41) is 2.81. The van der Waals surface area contributed by atoms with Crippen LogP contribution in [0.3, 0.4) is 0 Å². The molecule has 5 heteroatoms. The average Bonchev–Trinajstić information content (AvgIpc) is 2.29. The molecule has 88 valence electrons. The van der Waals surface area contributed by atoms with Gasteiger partial charge in [0.1, 0.15) is 0 Å². The Bertz CT molecular complexity index is 369. The predicted octanol–water partition coefficient (Wildman–Crippen LogP) is 1.37. The molecule has 0 heterocycles. The number of carbonyl (C=O) groups is 1. The molecule has 0 saturated heterocycles. The second-order valence-electron chi connectivity index (χ2n) is 3.18. The lowest BCUT2D eigenvalue weighted by Gasteiger charge is -2.10. The van der Waals surface area contributed by atoms with Gasteiger partial charge in [-0.05, 0) is 18.4 Å². The number of nitrogens with two attached hydrogens (primary N) is 1. The van der Waals surface area contributed by atoms with Gasteiger partial charge >= 0.3 is 0 Å². The molecule has 1 amide bonds. The number of carbonyl (C=O) groups excluding carboxylic acids is 1. The van der Waals surface area contributed by atoms with Gasteiger partial charge in [0.05, 0.1) is 18.4 Å². The number of ether oxygens (including phenoxy) is 1. The Morgan fingerprint density at radius 1 is 1.56 bits per heavy atom. The van der Waals surface area contributed by atoms with Crippen molar-refractivity contribution in [2.75, 3.05) is 31.4 Å². The lowest BCUT2D eigenvalue weighted by Crippen LogP contribution is -2.26. The van der Waals surface area contributed by atoms with Crippen LogP contribution < -0.4 is 15.8 Å². The number of benzene rings is 1. The van der Waals surface area contributed by atoms with Crippen molar-refractivity contribution in [3.63, 3.8) is 0 Å². The normalized spacial score (nSPS) is 9.88. The molecule has 0 radical (unpaired) electrons. The zero-order valence-corrected chi connectivity index (χ0v) is 10.3. The van der Waals surface area contributed by atoms with E-state index in [1.54, 1.807) is 30.0 Å². The van der Waals surface area contributed by atoms with E-state index in [0.717, 1.165) is 5.75 Å². The molecule has 0 saturated carbocycles. The van der Waals surface area contributed by atoms with Crippen LogP contribution in [0.2, 0.25) is 0 Å². The van der Waals surface area contributed by atoms with Crippen LogP contribution in [0.25, 0.3) is 0 Å². The van der Waals surface area contributed by atoms with E-state index in [4.69, 9.17) is 10.5 Å². The SMILES string of the molecule is COc1c(N)cccc1C(=O)NCCSC. The molecule has 0 atom stereocenters. The Labute approximate surface area is 99.5 Å². The lowest BCUT2D eigenvalue weighted by atomic mass is 10.1. The van der Waals surface area contributed by atoms with Crippen LogP contribution in [0.15, 0.2) is 18.2 Å². The smallest absolute Gasteiger partial charge is 0.255 e. The number of rotatable bonds is 5. The standard InChI is InChI=1S/C11H16N2O2S/c1-15-10-8(4-3-5-9(10)12)11(14)13-6-7-16-2/h3-5H,6-7,12H2,1-2H3,(H,13,14). The van der Waals surface area contributed by atoms with Crippen molar-refractivity contribution in [3.8, 4) is 5.75 Å². The predicted molar refractivity (Wildman–Crippen MR) is 68.1 cm³/mol. The quantitative estimate of drug-likeness (QED) is 0.602. The molecule has 1 rings (SSSR count). The maximum atomic E-state index is 11.8. The Hall–Kier alpha value is -1.36. The number of hydrogen-bond acceptors (Lipinski definition) is 4. The average molecular weight is 240 g/mol. The van der Waals surface area contributed by atoms with Crippen LogP contribution in [0.5, 0.6) is 5.75 Å². The monoisotopic (exact) mass is 240 g/mol. The van der Waals surface area contributed by atoms with E-state index in [1.807, 2.05) is 6.26 Å². The molecule has 4 nitrogen and oxygen atoms in total. The van der Waals surface area contributed by atoms with Gasteiger partial charge in [0.15, 0.2) is 5.75 Å². The van der Waals surface area contributed by atoms with Gasteiger partial charge in [0.25, 0.3) is 5.91 Å². The van der Waals surface area contributed by atoms with Crippen molar-refractivity contribution in [2.24, 2.45) is 0 Å². The first kappa shape index (κ1) is 12.7. The van der Waals surface area contributed by atoms with Crippen LogP contribution in [0, 0.1) is 0 Å². The van der Waals surface area contributed by atoms with Gasteiger partial charge in [-0.3, -0.25) is 4.79 Å². The summed E-state index contributed by atoms with van der Waals surface area (Å²) in [7, 11) is 1.50. The minimum absolute atomic E-state index is 0.154.